The molecule has 19 heavy (non-hydrogen) atoms. The van der Waals surface area contributed by atoms with Crippen LogP contribution >= 0.6 is 0 Å². The van der Waals surface area contributed by atoms with Crippen LogP contribution in [0.5, 0.6) is 0 Å². The maximum Gasteiger partial charge on any atom is 0.333 e. The van der Waals surface area contributed by atoms with Gasteiger partial charge in [0.2, 0.25) is 0 Å². The van der Waals surface area contributed by atoms with Gasteiger partial charge in [0, 0.05) is 5.57 Å². The maximum atomic E-state index is 12.0. The molecule has 4 aliphatic rings. The van der Waals surface area contributed by atoms with Gasteiger partial charge in [0.15, 0.2) is 0 Å². The zero-order chi connectivity index (χ0) is 13.6. The predicted molar refractivity (Wildman–Crippen MR) is 75.6 cm³/mol. The fourth-order valence-electron chi connectivity index (χ4n) is 5.18. The highest BCUT2D eigenvalue weighted by Gasteiger charge is 2.49. The van der Waals surface area contributed by atoms with Gasteiger partial charge in [0.25, 0.3) is 0 Å². The van der Waals surface area contributed by atoms with Crippen LogP contribution in [0.15, 0.2) is 11.6 Å². The number of hydrogen-bond acceptors (Lipinski definition) is 2. The summed E-state index contributed by atoms with van der Waals surface area (Å²) in [5.74, 6) is 2.66. The van der Waals surface area contributed by atoms with Crippen LogP contribution < -0.4 is 0 Å². The van der Waals surface area contributed by atoms with Gasteiger partial charge in [-0.25, -0.2) is 4.79 Å². The van der Waals surface area contributed by atoms with Crippen LogP contribution in [0.2, 0.25) is 0 Å². The summed E-state index contributed by atoms with van der Waals surface area (Å²) in [7, 11) is 0. The maximum absolute atomic E-state index is 12.0. The quantitative estimate of drug-likeness (QED) is 0.565. The first-order valence-electron chi connectivity index (χ1n) is 7.86. The number of rotatable bonds is 3. The first-order valence-corrected chi connectivity index (χ1v) is 7.86. The lowest BCUT2D eigenvalue weighted by Crippen LogP contribution is -2.45. The van der Waals surface area contributed by atoms with E-state index in [0.717, 1.165) is 23.3 Å². The van der Waals surface area contributed by atoms with Gasteiger partial charge in [-0.1, -0.05) is 6.08 Å². The Balaban J connectivity index is 1.76. The Morgan fingerprint density at radius 2 is 1.58 bits per heavy atom. The third-order valence-corrected chi connectivity index (χ3v) is 5.27. The molecule has 0 saturated heterocycles. The molecule has 2 nitrogen and oxygen atoms in total. The number of carbonyl (C=O) groups excluding carboxylic acids is 1. The van der Waals surface area contributed by atoms with Crippen LogP contribution in [-0.2, 0) is 9.53 Å². The molecular formula is C17H26O2. The molecule has 0 spiro atoms. The third kappa shape index (κ3) is 2.59. The molecule has 4 saturated carbocycles. The molecule has 0 aliphatic heterocycles. The van der Waals surface area contributed by atoms with Crippen LogP contribution in [0.1, 0.15) is 59.3 Å². The first-order chi connectivity index (χ1) is 8.96. The van der Waals surface area contributed by atoms with Gasteiger partial charge in [-0.15, -0.1) is 0 Å². The molecule has 0 aromatic rings. The minimum atomic E-state index is -0.120. The summed E-state index contributed by atoms with van der Waals surface area (Å²) in [5.41, 5.74) is 1.16. The molecule has 0 unspecified atom stereocenters. The molecule has 106 valence electrons. The van der Waals surface area contributed by atoms with E-state index in [1.165, 1.54) is 38.5 Å². The summed E-state index contributed by atoms with van der Waals surface area (Å²) in [5, 5.41) is 0. The van der Waals surface area contributed by atoms with Crippen LogP contribution in [0.3, 0.4) is 0 Å². The average Bonchev–Trinajstić information content (AvgIpc) is 2.24. The molecule has 4 aliphatic carbocycles. The Hall–Kier alpha value is -0.790. The SMILES string of the molecule is CC(=CC12CC3CC(CC(C3)C1)C2)C(=O)OC(C)C. The topological polar surface area (TPSA) is 26.3 Å². The minimum Gasteiger partial charge on any atom is -0.460 e. The van der Waals surface area contributed by atoms with Crippen molar-refractivity contribution in [1.29, 1.82) is 0 Å². The van der Waals surface area contributed by atoms with Crippen molar-refractivity contribution in [3.05, 3.63) is 11.6 Å². The molecular weight excluding hydrogens is 236 g/mol. The van der Waals surface area contributed by atoms with Gasteiger partial charge in [0.1, 0.15) is 0 Å². The van der Waals surface area contributed by atoms with Crippen LogP contribution in [0.4, 0.5) is 0 Å². The van der Waals surface area contributed by atoms with Crippen molar-refractivity contribution in [3.8, 4) is 0 Å². The van der Waals surface area contributed by atoms with Gasteiger partial charge in [-0.05, 0) is 82.5 Å². The summed E-state index contributed by atoms with van der Waals surface area (Å²) in [6, 6.07) is 0. The van der Waals surface area contributed by atoms with Gasteiger partial charge in [-0.3, -0.25) is 0 Å². The smallest absolute Gasteiger partial charge is 0.333 e. The molecule has 4 bridgehead atoms. The van der Waals surface area contributed by atoms with E-state index in [-0.39, 0.29) is 12.1 Å². The van der Waals surface area contributed by atoms with Gasteiger partial charge >= 0.3 is 5.97 Å². The van der Waals surface area contributed by atoms with Gasteiger partial charge < -0.3 is 4.74 Å². The monoisotopic (exact) mass is 262 g/mol. The van der Waals surface area contributed by atoms with Crippen LogP contribution in [0, 0.1) is 23.2 Å². The fourth-order valence-corrected chi connectivity index (χ4v) is 5.18. The fraction of sp³-hybridized carbons (Fsp3) is 0.824. The number of ether oxygens (including phenoxy) is 1. The number of hydrogen-bond donors (Lipinski definition) is 0. The molecule has 0 atom stereocenters. The Morgan fingerprint density at radius 3 is 2.00 bits per heavy atom. The van der Waals surface area contributed by atoms with Crippen LogP contribution in [0.25, 0.3) is 0 Å². The lowest BCUT2D eigenvalue weighted by molar-refractivity contribution is -0.142. The Kier molecular flexibility index (Phi) is 3.23. The zero-order valence-electron chi connectivity index (χ0n) is 12.4. The summed E-state index contributed by atoms with van der Waals surface area (Å²) in [6.07, 6.45) is 10.5. The lowest BCUT2D eigenvalue weighted by Gasteiger charge is -2.56. The highest BCUT2D eigenvalue weighted by atomic mass is 16.5. The van der Waals surface area contributed by atoms with Crippen molar-refractivity contribution in [3.63, 3.8) is 0 Å². The van der Waals surface area contributed by atoms with Crippen LogP contribution in [-0.4, -0.2) is 12.1 Å². The predicted octanol–water partition coefficient (Wildman–Crippen LogP) is 4.10. The molecule has 4 rings (SSSR count). The summed E-state index contributed by atoms with van der Waals surface area (Å²) in [6.45, 7) is 5.76. The minimum absolute atomic E-state index is 0.0211. The molecule has 2 heteroatoms. The first kappa shape index (κ1) is 13.2. The van der Waals surface area contributed by atoms with Crippen molar-refractivity contribution < 1.29 is 9.53 Å². The van der Waals surface area contributed by atoms with E-state index < -0.39 is 0 Å². The van der Waals surface area contributed by atoms with E-state index in [2.05, 4.69) is 6.08 Å². The number of esters is 1. The molecule has 0 radical (unpaired) electrons. The van der Waals surface area contributed by atoms with E-state index in [9.17, 15) is 4.79 Å². The van der Waals surface area contributed by atoms with E-state index in [1.807, 2.05) is 20.8 Å². The lowest BCUT2D eigenvalue weighted by atomic mass is 9.49. The van der Waals surface area contributed by atoms with Gasteiger partial charge in [-0.2, -0.15) is 0 Å². The number of allylic oxidation sites excluding steroid dienone is 1. The third-order valence-electron chi connectivity index (χ3n) is 5.27. The second-order valence-electron chi connectivity index (χ2n) is 7.56. The molecule has 4 fully saturated rings. The Morgan fingerprint density at radius 1 is 1.11 bits per heavy atom. The highest BCUT2D eigenvalue weighted by molar-refractivity contribution is 5.88. The van der Waals surface area contributed by atoms with E-state index >= 15 is 0 Å². The van der Waals surface area contributed by atoms with E-state index in [0.29, 0.717) is 5.41 Å². The van der Waals surface area contributed by atoms with Crippen molar-refractivity contribution in [1.82, 2.24) is 0 Å². The molecule has 0 aromatic carbocycles. The largest absolute Gasteiger partial charge is 0.460 e. The summed E-state index contributed by atoms with van der Waals surface area (Å²) >= 11 is 0. The average molecular weight is 262 g/mol. The van der Waals surface area contributed by atoms with Crippen molar-refractivity contribution in [2.24, 2.45) is 23.2 Å². The van der Waals surface area contributed by atoms with Gasteiger partial charge in [0.05, 0.1) is 6.10 Å². The highest BCUT2D eigenvalue weighted by Crippen LogP contribution is 2.60. The second-order valence-corrected chi connectivity index (χ2v) is 7.56. The Labute approximate surface area is 116 Å². The molecule has 0 aromatic heterocycles. The van der Waals surface area contributed by atoms with Crippen molar-refractivity contribution in [2.75, 3.05) is 0 Å². The summed E-state index contributed by atoms with van der Waals surface area (Å²) in [4.78, 5) is 12.0. The van der Waals surface area contributed by atoms with E-state index in [1.54, 1.807) is 0 Å². The summed E-state index contributed by atoms with van der Waals surface area (Å²) < 4.78 is 5.32. The molecule has 0 heterocycles. The van der Waals surface area contributed by atoms with Crippen molar-refractivity contribution >= 4 is 5.97 Å². The molecule has 0 N–H and O–H groups in total. The molecule has 0 amide bonds. The van der Waals surface area contributed by atoms with E-state index in [4.69, 9.17) is 4.74 Å². The number of carbonyl (C=O) groups is 1. The Bertz CT molecular complexity index is 370. The zero-order valence-corrected chi connectivity index (χ0v) is 12.4. The van der Waals surface area contributed by atoms with Crippen molar-refractivity contribution in [2.45, 2.75) is 65.4 Å². The normalized spacial score (nSPS) is 40.8. The second kappa shape index (κ2) is 4.64. The standard InChI is InChI=1S/C17H26O2/c1-11(2)19-16(18)12(3)7-17-8-13-4-14(9-17)6-15(5-13)10-17/h7,11,13-15H,4-6,8-10H2,1-3H3.